The van der Waals surface area contributed by atoms with Crippen molar-refractivity contribution in [2.75, 3.05) is 24.3 Å². The van der Waals surface area contributed by atoms with Crippen molar-refractivity contribution in [2.24, 2.45) is 5.92 Å². The predicted octanol–water partition coefficient (Wildman–Crippen LogP) is 3.92. The third kappa shape index (κ3) is 5.05. The number of hydrogen-bond acceptors (Lipinski definition) is 8. The summed E-state index contributed by atoms with van der Waals surface area (Å²) < 4.78 is 22.2. The highest BCUT2D eigenvalue weighted by atomic mass is 19.1. The normalized spacial score (nSPS) is 13.5. The highest BCUT2D eigenvalue weighted by Gasteiger charge is 2.27. The number of halogens is 1. The van der Waals surface area contributed by atoms with Gasteiger partial charge in [-0.2, -0.15) is 10.2 Å². The number of aromatic nitrogens is 6. The van der Waals surface area contributed by atoms with Gasteiger partial charge < -0.3 is 15.8 Å². The van der Waals surface area contributed by atoms with Gasteiger partial charge in [-0.1, -0.05) is 38.1 Å². The summed E-state index contributed by atoms with van der Waals surface area (Å²) in [5.41, 5.74) is 8.62. The van der Waals surface area contributed by atoms with Crippen molar-refractivity contribution in [1.82, 2.24) is 29.5 Å². The van der Waals surface area contributed by atoms with Crippen LogP contribution < -0.4 is 16.5 Å². The summed E-state index contributed by atoms with van der Waals surface area (Å²) >= 11 is 0. The number of nitrogens with two attached hydrogens (primary N) is 1. The van der Waals surface area contributed by atoms with Crippen molar-refractivity contribution >= 4 is 28.4 Å². The molecule has 4 heterocycles. The summed E-state index contributed by atoms with van der Waals surface area (Å²) in [6.45, 7) is 5.58. The Kier molecular flexibility index (Phi) is 6.75. The largest absolute Gasteiger partial charge is 0.383 e. The van der Waals surface area contributed by atoms with E-state index in [4.69, 9.17) is 15.6 Å². The first-order valence-electron chi connectivity index (χ1n) is 13.1. The number of nitrogens with one attached hydrogen (secondary N) is 1. The van der Waals surface area contributed by atoms with Crippen molar-refractivity contribution in [3.05, 3.63) is 82.8 Å². The molecule has 0 bridgehead atoms. The molecule has 0 saturated carbocycles. The molecule has 12 heteroatoms. The van der Waals surface area contributed by atoms with E-state index in [1.54, 1.807) is 35.1 Å². The predicted molar refractivity (Wildman–Crippen MR) is 152 cm³/mol. The minimum Gasteiger partial charge on any atom is -0.383 e. The zero-order valence-electron chi connectivity index (χ0n) is 22.4. The quantitative estimate of drug-likeness (QED) is 0.308. The van der Waals surface area contributed by atoms with E-state index < -0.39 is 17.2 Å². The van der Waals surface area contributed by atoms with Crippen LogP contribution in [0.1, 0.15) is 30.4 Å². The van der Waals surface area contributed by atoms with Gasteiger partial charge in [-0.3, -0.25) is 14.3 Å². The molecule has 3 aromatic heterocycles. The Labute approximate surface area is 233 Å². The smallest absolute Gasteiger partial charge is 0.280 e. The molecule has 1 amide bonds. The van der Waals surface area contributed by atoms with Gasteiger partial charge in [0.05, 0.1) is 18.6 Å². The monoisotopic (exact) mass is 554 g/mol. The zero-order valence-corrected chi connectivity index (χ0v) is 22.4. The molecule has 2 aromatic carbocycles. The van der Waals surface area contributed by atoms with Crippen LogP contribution in [0, 0.1) is 11.7 Å². The fourth-order valence-corrected chi connectivity index (χ4v) is 4.71. The van der Waals surface area contributed by atoms with E-state index in [0.29, 0.717) is 53.6 Å². The summed E-state index contributed by atoms with van der Waals surface area (Å²) in [5, 5.41) is 12.5. The number of nitrogens with zero attached hydrogens (tertiary/aromatic N) is 6. The number of carbonyl (C=O) groups excluding carboxylic acids is 1. The summed E-state index contributed by atoms with van der Waals surface area (Å²) in [6.07, 6.45) is 3.00. The topological polar surface area (TPSA) is 143 Å². The summed E-state index contributed by atoms with van der Waals surface area (Å²) in [5.74, 6) is -0.538. The lowest BCUT2D eigenvalue weighted by Crippen LogP contribution is -2.31. The molecule has 5 aromatic rings. The SMILES string of the molecule is CC(C)Cn1cc(-c2ccc(F)cc2)c(=O)c(C(=O)Nc2ccc(-c3nn(C4COC4)c4ncnc(N)c34)cc2)n1. The third-order valence-corrected chi connectivity index (χ3v) is 6.79. The molecule has 0 aliphatic carbocycles. The van der Waals surface area contributed by atoms with E-state index in [0.717, 1.165) is 5.56 Å². The van der Waals surface area contributed by atoms with Crippen LogP contribution in [0.2, 0.25) is 0 Å². The molecule has 0 radical (unpaired) electrons. The van der Waals surface area contributed by atoms with Crippen LogP contribution in [0.3, 0.4) is 0 Å². The van der Waals surface area contributed by atoms with Crippen molar-refractivity contribution in [2.45, 2.75) is 26.4 Å². The number of hydrogen-bond donors (Lipinski definition) is 2. The second kappa shape index (κ2) is 10.5. The van der Waals surface area contributed by atoms with Gasteiger partial charge in [0, 0.05) is 29.6 Å². The van der Waals surface area contributed by atoms with E-state index in [1.165, 1.54) is 30.6 Å². The maximum Gasteiger partial charge on any atom is 0.280 e. The van der Waals surface area contributed by atoms with Gasteiger partial charge in [-0.15, -0.1) is 0 Å². The van der Waals surface area contributed by atoms with Crippen molar-refractivity contribution in [3.63, 3.8) is 0 Å². The van der Waals surface area contributed by atoms with E-state index in [9.17, 15) is 14.0 Å². The Morgan fingerprint density at radius 1 is 1.07 bits per heavy atom. The molecular weight excluding hydrogens is 527 g/mol. The van der Waals surface area contributed by atoms with Gasteiger partial charge >= 0.3 is 0 Å². The van der Waals surface area contributed by atoms with Crippen molar-refractivity contribution < 1.29 is 13.9 Å². The molecule has 1 aliphatic rings. The maximum absolute atomic E-state index is 13.5. The first kappa shape index (κ1) is 26.3. The van der Waals surface area contributed by atoms with Gasteiger partial charge in [-0.05, 0) is 35.7 Å². The van der Waals surface area contributed by atoms with Crippen LogP contribution in [-0.2, 0) is 11.3 Å². The Morgan fingerprint density at radius 2 is 1.78 bits per heavy atom. The Bertz CT molecular complexity index is 1810. The van der Waals surface area contributed by atoms with Crippen molar-refractivity contribution in [1.29, 1.82) is 0 Å². The molecule has 41 heavy (non-hydrogen) atoms. The van der Waals surface area contributed by atoms with E-state index >= 15 is 0 Å². The number of nitrogen functional groups attached to an aromatic ring is 1. The Balaban J connectivity index is 1.31. The van der Waals surface area contributed by atoms with Crippen LogP contribution in [-0.4, -0.2) is 48.6 Å². The fraction of sp³-hybridized carbons (Fsp3) is 0.241. The highest BCUT2D eigenvalue weighted by molar-refractivity contribution is 6.03. The number of ether oxygens (including phenoxy) is 1. The van der Waals surface area contributed by atoms with Crippen LogP contribution in [0.5, 0.6) is 0 Å². The second-order valence-electron chi connectivity index (χ2n) is 10.3. The molecule has 11 nitrogen and oxygen atoms in total. The summed E-state index contributed by atoms with van der Waals surface area (Å²) in [6, 6.07) is 12.6. The first-order chi connectivity index (χ1) is 19.8. The van der Waals surface area contributed by atoms with Gasteiger partial charge in [0.25, 0.3) is 5.91 Å². The number of amides is 1. The van der Waals surface area contributed by atoms with E-state index in [1.807, 2.05) is 18.5 Å². The van der Waals surface area contributed by atoms with Crippen molar-refractivity contribution in [3.8, 4) is 22.4 Å². The van der Waals surface area contributed by atoms with Crippen LogP contribution in [0.15, 0.2) is 65.8 Å². The van der Waals surface area contributed by atoms with Gasteiger partial charge in [0.2, 0.25) is 5.43 Å². The maximum atomic E-state index is 13.5. The fourth-order valence-electron chi connectivity index (χ4n) is 4.71. The first-order valence-corrected chi connectivity index (χ1v) is 13.1. The molecule has 0 atom stereocenters. The molecular formula is C29H27FN8O3. The minimum absolute atomic E-state index is 0.0667. The summed E-state index contributed by atoms with van der Waals surface area (Å²) in [7, 11) is 0. The molecule has 1 fully saturated rings. The van der Waals surface area contributed by atoms with Gasteiger partial charge in [-0.25, -0.2) is 19.0 Å². The second-order valence-corrected chi connectivity index (χ2v) is 10.3. The lowest BCUT2D eigenvalue weighted by atomic mass is 10.1. The number of anilines is 2. The van der Waals surface area contributed by atoms with E-state index in [-0.39, 0.29) is 23.2 Å². The number of rotatable bonds is 7. The van der Waals surface area contributed by atoms with Crippen LogP contribution in [0.25, 0.3) is 33.4 Å². The standard InChI is InChI=1S/C29H27FN8O3/c1-16(2)11-37-12-22(17-3-7-19(30)8-4-17)26(39)25(35-37)29(40)34-20-9-5-18(6-10-20)24-23-27(31)32-15-33-28(23)38(36-24)21-13-41-14-21/h3-10,12,15-16,21H,11,13-14H2,1-2H3,(H,34,40)(H2,31,32,33). The van der Waals surface area contributed by atoms with E-state index in [2.05, 4.69) is 20.4 Å². The molecule has 3 N–H and O–H groups in total. The van der Waals surface area contributed by atoms with Gasteiger partial charge in [0.15, 0.2) is 11.3 Å². The Morgan fingerprint density at radius 3 is 2.44 bits per heavy atom. The number of fused-ring (bicyclic) bond motifs is 1. The minimum atomic E-state index is -0.651. The molecule has 0 unspecified atom stereocenters. The molecule has 1 aliphatic heterocycles. The number of benzene rings is 2. The average Bonchev–Trinajstić information content (AvgIpc) is 3.29. The van der Waals surface area contributed by atoms with Crippen LogP contribution in [0.4, 0.5) is 15.9 Å². The average molecular weight is 555 g/mol. The van der Waals surface area contributed by atoms with Gasteiger partial charge in [0.1, 0.15) is 29.7 Å². The highest BCUT2D eigenvalue weighted by Crippen LogP contribution is 2.33. The zero-order chi connectivity index (χ0) is 28.7. The Hall–Kier alpha value is -4.97. The lowest BCUT2D eigenvalue weighted by molar-refractivity contribution is -0.0268. The lowest BCUT2D eigenvalue weighted by Gasteiger charge is -2.26. The molecule has 1 saturated heterocycles. The summed E-state index contributed by atoms with van der Waals surface area (Å²) in [4.78, 5) is 35.2. The third-order valence-electron chi connectivity index (χ3n) is 6.79. The molecule has 0 spiro atoms. The molecule has 208 valence electrons. The molecule has 6 rings (SSSR count). The number of carbonyl (C=O) groups is 1. The van der Waals surface area contributed by atoms with Crippen LogP contribution >= 0.6 is 0 Å².